The van der Waals surface area contributed by atoms with Crippen molar-refractivity contribution in [1.29, 1.82) is 0 Å². The van der Waals surface area contributed by atoms with Crippen LogP contribution < -0.4 is 0 Å². The summed E-state index contributed by atoms with van der Waals surface area (Å²) in [7, 11) is 0. The van der Waals surface area contributed by atoms with E-state index in [1.807, 2.05) is 0 Å². The van der Waals surface area contributed by atoms with Gasteiger partial charge in [0, 0.05) is 6.92 Å². The highest BCUT2D eigenvalue weighted by Crippen LogP contribution is 2.56. The molecule has 0 rings (SSSR count). The number of alkyl halides is 10. The summed E-state index contributed by atoms with van der Waals surface area (Å²) in [6.45, 7) is -1.65. The predicted molar refractivity (Wildman–Crippen MR) is 36.1 cm³/mol. The highest BCUT2D eigenvalue weighted by Gasteiger charge is 2.82. The first-order chi connectivity index (χ1) is 7.00. The average Bonchev–Trinajstić information content (AvgIpc) is 1.98. The number of hydrogen-bond donors (Lipinski definition) is 0. The molecule has 104 valence electrons. The molecule has 0 amide bonds. The van der Waals surface area contributed by atoms with Gasteiger partial charge in [0.2, 0.25) is 0 Å². The topological polar surface area (TPSA) is 0 Å². The fraction of sp³-hybridized carbons (Fsp3) is 1.00. The Hall–Kier alpha value is -0.700. The van der Waals surface area contributed by atoms with Crippen molar-refractivity contribution in [1.82, 2.24) is 0 Å². The summed E-state index contributed by atoms with van der Waals surface area (Å²) >= 11 is 0. The number of hydrogen-bond acceptors (Lipinski definition) is 0. The summed E-state index contributed by atoms with van der Waals surface area (Å²) in [5.74, 6) is -18.6. The molecule has 0 fully saturated rings. The second-order valence-electron chi connectivity index (χ2n) is 3.54. The van der Waals surface area contributed by atoms with Gasteiger partial charge >= 0.3 is 23.9 Å². The predicted octanol–water partition coefficient (Wildman–Crippen LogP) is 4.20. The van der Waals surface area contributed by atoms with E-state index in [0.717, 1.165) is 0 Å². The van der Waals surface area contributed by atoms with Crippen LogP contribution in [0.3, 0.4) is 0 Å². The second-order valence-corrected chi connectivity index (χ2v) is 3.54. The van der Waals surface area contributed by atoms with Crippen molar-refractivity contribution in [2.45, 2.75) is 43.5 Å². The zero-order chi connectivity index (χ0) is 14.5. The van der Waals surface area contributed by atoms with Crippen LogP contribution >= 0.6 is 0 Å². The monoisotopic (exact) mass is 280 g/mol. The van der Waals surface area contributed by atoms with Crippen LogP contribution in [0.25, 0.3) is 0 Å². The Morgan fingerprint density at radius 2 is 0.824 bits per heavy atom. The molecule has 0 saturated carbocycles. The lowest BCUT2D eigenvalue weighted by molar-refractivity contribution is -0.382. The van der Waals surface area contributed by atoms with Crippen LogP contribution in [-0.4, -0.2) is 29.6 Å². The molecule has 0 aliphatic carbocycles. The summed E-state index contributed by atoms with van der Waals surface area (Å²) in [5, 5.41) is 0. The molecule has 0 saturated heterocycles. The Balaban J connectivity index is 5.73. The number of halogens is 10. The second kappa shape index (κ2) is 3.64. The molecule has 0 aliphatic heterocycles. The minimum Gasteiger partial charge on any atom is -0.227 e. The summed E-state index contributed by atoms with van der Waals surface area (Å²) in [6, 6.07) is 0. The van der Waals surface area contributed by atoms with Gasteiger partial charge in [-0.2, -0.15) is 39.5 Å². The zero-order valence-electron chi connectivity index (χ0n) is 8.28. The van der Waals surface area contributed by atoms with Crippen LogP contribution in [0.2, 0.25) is 0 Å². The third-order valence-electron chi connectivity index (χ3n) is 2.07. The molecule has 17 heavy (non-hydrogen) atoms. The van der Waals surface area contributed by atoms with E-state index in [9.17, 15) is 43.9 Å². The summed E-state index contributed by atoms with van der Waals surface area (Å²) < 4.78 is 123. The van der Waals surface area contributed by atoms with Crippen LogP contribution in [0.15, 0.2) is 0 Å². The third kappa shape index (κ3) is 2.17. The van der Waals surface area contributed by atoms with E-state index in [1.165, 1.54) is 0 Å². The molecular weight excluding hydrogens is 274 g/mol. The van der Waals surface area contributed by atoms with E-state index in [4.69, 9.17) is 0 Å². The fourth-order valence-corrected chi connectivity index (χ4v) is 0.749. The summed E-state index contributed by atoms with van der Waals surface area (Å²) in [6.07, 6.45) is -6.43. The molecule has 1 atom stereocenters. The minimum atomic E-state index is -6.61. The quantitative estimate of drug-likeness (QED) is 0.679. The highest BCUT2D eigenvalue weighted by molar-refractivity contribution is 5.07. The van der Waals surface area contributed by atoms with Crippen LogP contribution in [0.4, 0.5) is 43.9 Å². The first kappa shape index (κ1) is 16.3. The SMILES string of the molecule is CC(F)(F)C(F)(F)C(F)(F)[C@@](C)(F)C(F)(F)F. The summed E-state index contributed by atoms with van der Waals surface area (Å²) in [4.78, 5) is 0. The lowest BCUT2D eigenvalue weighted by atomic mass is 9.90. The van der Waals surface area contributed by atoms with Gasteiger partial charge in [0.1, 0.15) is 0 Å². The molecule has 0 radical (unpaired) electrons. The molecule has 0 aliphatic rings. The number of rotatable bonds is 3. The van der Waals surface area contributed by atoms with Crippen LogP contribution in [-0.2, 0) is 0 Å². The molecule has 0 aromatic carbocycles. The maximum absolute atomic E-state index is 12.7. The van der Waals surface area contributed by atoms with Gasteiger partial charge in [0.25, 0.3) is 5.67 Å². The van der Waals surface area contributed by atoms with Gasteiger partial charge in [0.15, 0.2) is 0 Å². The summed E-state index contributed by atoms with van der Waals surface area (Å²) in [5.41, 5.74) is -5.79. The van der Waals surface area contributed by atoms with Crippen molar-refractivity contribution in [2.75, 3.05) is 0 Å². The maximum Gasteiger partial charge on any atom is 0.428 e. The van der Waals surface area contributed by atoms with E-state index >= 15 is 0 Å². The fourth-order valence-electron chi connectivity index (χ4n) is 0.749. The van der Waals surface area contributed by atoms with Crippen molar-refractivity contribution in [2.24, 2.45) is 0 Å². The van der Waals surface area contributed by atoms with Gasteiger partial charge in [-0.3, -0.25) is 0 Å². The average molecular weight is 280 g/mol. The Morgan fingerprint density at radius 3 is 1.00 bits per heavy atom. The van der Waals surface area contributed by atoms with Gasteiger partial charge in [0.05, 0.1) is 0 Å². The van der Waals surface area contributed by atoms with Crippen molar-refractivity contribution in [3.05, 3.63) is 0 Å². The van der Waals surface area contributed by atoms with Gasteiger partial charge in [-0.1, -0.05) is 0 Å². The molecule has 0 nitrogen and oxygen atoms in total. The molecule has 0 aromatic rings. The van der Waals surface area contributed by atoms with E-state index in [0.29, 0.717) is 0 Å². The van der Waals surface area contributed by atoms with E-state index in [1.54, 1.807) is 0 Å². The van der Waals surface area contributed by atoms with Crippen molar-refractivity contribution in [3.63, 3.8) is 0 Å². The Labute approximate surface area is 88.6 Å². The molecular formula is C7H6F10. The first-order valence-corrected chi connectivity index (χ1v) is 3.89. The van der Waals surface area contributed by atoms with Crippen LogP contribution in [0.1, 0.15) is 13.8 Å². The first-order valence-electron chi connectivity index (χ1n) is 3.89. The highest BCUT2D eigenvalue weighted by atomic mass is 19.4. The lowest BCUT2D eigenvalue weighted by Gasteiger charge is -2.38. The molecule has 0 spiro atoms. The van der Waals surface area contributed by atoms with Gasteiger partial charge in [-0.05, 0) is 6.92 Å². The lowest BCUT2D eigenvalue weighted by Crippen LogP contribution is -2.66. The largest absolute Gasteiger partial charge is 0.428 e. The smallest absolute Gasteiger partial charge is 0.227 e. The third-order valence-corrected chi connectivity index (χ3v) is 2.07. The van der Waals surface area contributed by atoms with E-state index in [2.05, 4.69) is 0 Å². The van der Waals surface area contributed by atoms with Gasteiger partial charge < -0.3 is 0 Å². The Morgan fingerprint density at radius 1 is 0.529 bits per heavy atom. The Bertz CT molecular complexity index is 252. The molecule has 0 N–H and O–H groups in total. The molecule has 0 heterocycles. The van der Waals surface area contributed by atoms with Crippen molar-refractivity contribution < 1.29 is 43.9 Å². The molecule has 0 unspecified atom stereocenters. The van der Waals surface area contributed by atoms with Gasteiger partial charge in [-0.25, -0.2) is 4.39 Å². The van der Waals surface area contributed by atoms with E-state index < -0.39 is 43.5 Å². The van der Waals surface area contributed by atoms with Crippen LogP contribution in [0, 0.1) is 0 Å². The molecule has 0 aromatic heterocycles. The standard InChI is InChI=1S/C7H6F10/c1-3(8,7(15,16)17)5(11,12)6(13,14)4(2,9)10/h1-2H3/t3-/m1/s1. The molecule has 0 bridgehead atoms. The van der Waals surface area contributed by atoms with Crippen LogP contribution in [0.5, 0.6) is 0 Å². The maximum atomic E-state index is 12.7. The van der Waals surface area contributed by atoms with Gasteiger partial charge in [-0.15, -0.1) is 0 Å². The normalized spacial score (nSPS) is 19.1. The minimum absolute atomic E-state index is 0.729. The van der Waals surface area contributed by atoms with E-state index in [-0.39, 0.29) is 0 Å². The van der Waals surface area contributed by atoms with Crippen molar-refractivity contribution >= 4 is 0 Å². The Kier molecular flexibility index (Phi) is 3.49. The molecule has 10 heteroatoms. The zero-order valence-corrected chi connectivity index (χ0v) is 8.28. The van der Waals surface area contributed by atoms with Crippen molar-refractivity contribution in [3.8, 4) is 0 Å².